The number of aromatic amines is 1. The van der Waals surface area contributed by atoms with Gasteiger partial charge in [-0.1, -0.05) is 11.3 Å². The normalized spacial score (nSPS) is 17.2. The number of anilines is 1. The summed E-state index contributed by atoms with van der Waals surface area (Å²) >= 11 is 3.04. The standard InChI is InChI=1S/C18H18N4O5S3/c23-17(13-7-11(10-19-13)30(24,25)22-1-5-28-6-2-22)21-18-20-12-8-14-15(9-16(12)29-18)27-4-3-26-14/h7-10,19H,1-6H2,(H,20,21,23). The van der Waals surface area contributed by atoms with Gasteiger partial charge in [-0.2, -0.15) is 16.1 Å². The van der Waals surface area contributed by atoms with Crippen LogP contribution in [0.5, 0.6) is 11.5 Å². The number of amides is 1. The number of thiazole rings is 1. The summed E-state index contributed by atoms with van der Waals surface area (Å²) in [6.07, 6.45) is 1.35. The highest BCUT2D eigenvalue weighted by molar-refractivity contribution is 7.99. The Balaban J connectivity index is 1.34. The molecule has 158 valence electrons. The zero-order valence-corrected chi connectivity index (χ0v) is 18.2. The predicted octanol–water partition coefficient (Wildman–Crippen LogP) is 2.39. The van der Waals surface area contributed by atoms with Gasteiger partial charge in [-0.05, 0) is 6.07 Å². The molecule has 0 saturated carbocycles. The molecule has 2 aliphatic heterocycles. The predicted molar refractivity (Wildman–Crippen MR) is 115 cm³/mol. The fourth-order valence-corrected chi connectivity index (χ4v) is 6.71. The molecule has 4 heterocycles. The third-order valence-corrected chi connectivity index (χ3v) is 8.53. The number of H-pyrrole nitrogens is 1. The van der Waals surface area contributed by atoms with Crippen LogP contribution in [0.3, 0.4) is 0 Å². The maximum Gasteiger partial charge on any atom is 0.273 e. The van der Waals surface area contributed by atoms with E-state index in [2.05, 4.69) is 15.3 Å². The molecule has 0 bridgehead atoms. The van der Waals surface area contributed by atoms with Crippen LogP contribution in [0.1, 0.15) is 10.5 Å². The van der Waals surface area contributed by atoms with E-state index >= 15 is 0 Å². The maximum atomic E-state index is 12.8. The highest BCUT2D eigenvalue weighted by atomic mass is 32.2. The Hall–Kier alpha value is -2.28. The van der Waals surface area contributed by atoms with Gasteiger partial charge in [0, 0.05) is 42.9 Å². The van der Waals surface area contributed by atoms with E-state index in [0.29, 0.717) is 48.5 Å². The molecule has 1 amide bonds. The number of thioether (sulfide) groups is 1. The summed E-state index contributed by atoms with van der Waals surface area (Å²) in [6, 6.07) is 4.99. The van der Waals surface area contributed by atoms with Crippen LogP contribution >= 0.6 is 23.1 Å². The first kappa shape index (κ1) is 19.7. The highest BCUT2D eigenvalue weighted by Gasteiger charge is 2.28. The monoisotopic (exact) mass is 466 g/mol. The van der Waals surface area contributed by atoms with E-state index in [1.54, 1.807) is 17.8 Å². The first-order valence-electron chi connectivity index (χ1n) is 9.28. The molecule has 30 heavy (non-hydrogen) atoms. The SMILES string of the molecule is O=C(Nc1nc2cc3c(cc2s1)OCCO3)c1cc(S(=O)(=O)N2CCSCC2)c[nH]1. The smallest absolute Gasteiger partial charge is 0.273 e. The van der Waals surface area contributed by atoms with Gasteiger partial charge in [0.1, 0.15) is 23.8 Å². The summed E-state index contributed by atoms with van der Waals surface area (Å²) in [4.78, 5) is 19.9. The summed E-state index contributed by atoms with van der Waals surface area (Å²) in [5.41, 5.74) is 0.849. The molecule has 0 radical (unpaired) electrons. The fourth-order valence-electron chi connectivity index (χ4n) is 3.27. The van der Waals surface area contributed by atoms with Crippen molar-refractivity contribution < 1.29 is 22.7 Å². The number of nitrogens with one attached hydrogen (secondary N) is 2. The average Bonchev–Trinajstić information content (AvgIpc) is 3.40. The molecular formula is C18H18N4O5S3. The van der Waals surface area contributed by atoms with Crippen molar-refractivity contribution in [3.63, 3.8) is 0 Å². The minimum absolute atomic E-state index is 0.0887. The van der Waals surface area contributed by atoms with Crippen LogP contribution < -0.4 is 14.8 Å². The molecule has 1 saturated heterocycles. The van der Waals surface area contributed by atoms with Crippen LogP contribution in [0.2, 0.25) is 0 Å². The fraction of sp³-hybridized carbons (Fsp3) is 0.333. The minimum Gasteiger partial charge on any atom is -0.486 e. The lowest BCUT2D eigenvalue weighted by molar-refractivity contribution is 0.102. The van der Waals surface area contributed by atoms with E-state index < -0.39 is 15.9 Å². The molecule has 0 aliphatic carbocycles. The van der Waals surface area contributed by atoms with Gasteiger partial charge in [0.05, 0.1) is 10.2 Å². The number of ether oxygens (including phenoxy) is 2. The molecule has 3 aromatic rings. The van der Waals surface area contributed by atoms with Gasteiger partial charge in [-0.3, -0.25) is 10.1 Å². The van der Waals surface area contributed by atoms with Gasteiger partial charge in [0.25, 0.3) is 5.91 Å². The van der Waals surface area contributed by atoms with Crippen LogP contribution in [-0.2, 0) is 10.0 Å². The van der Waals surface area contributed by atoms with Crippen molar-refractivity contribution in [3.8, 4) is 11.5 Å². The van der Waals surface area contributed by atoms with Gasteiger partial charge < -0.3 is 14.5 Å². The van der Waals surface area contributed by atoms with E-state index in [4.69, 9.17) is 9.47 Å². The lowest BCUT2D eigenvalue weighted by Gasteiger charge is -2.24. The molecule has 2 N–H and O–H groups in total. The largest absolute Gasteiger partial charge is 0.486 e. The topological polar surface area (TPSA) is 114 Å². The Kier molecular flexibility index (Phi) is 5.09. The van der Waals surface area contributed by atoms with Gasteiger partial charge >= 0.3 is 0 Å². The summed E-state index contributed by atoms with van der Waals surface area (Å²) in [6.45, 7) is 1.93. The second-order valence-corrected chi connectivity index (χ2v) is 10.9. The highest BCUT2D eigenvalue weighted by Crippen LogP contribution is 2.38. The average molecular weight is 467 g/mol. The summed E-state index contributed by atoms with van der Waals surface area (Å²) in [7, 11) is -3.61. The summed E-state index contributed by atoms with van der Waals surface area (Å²) < 4.78 is 39.0. The van der Waals surface area contributed by atoms with E-state index in [9.17, 15) is 13.2 Å². The van der Waals surface area contributed by atoms with Gasteiger partial charge in [-0.25, -0.2) is 13.4 Å². The molecule has 12 heteroatoms. The molecule has 9 nitrogen and oxygen atoms in total. The van der Waals surface area contributed by atoms with Crippen LogP contribution in [0, 0.1) is 0 Å². The Labute approximate surface area is 180 Å². The van der Waals surface area contributed by atoms with Crippen molar-refractivity contribution >= 4 is 54.4 Å². The Morgan fingerprint density at radius 3 is 2.63 bits per heavy atom. The Bertz CT molecular complexity index is 1170. The molecule has 1 fully saturated rings. The number of benzene rings is 1. The third-order valence-electron chi connectivity index (χ3n) is 4.78. The number of nitrogens with zero attached hydrogens (tertiary/aromatic N) is 2. The summed E-state index contributed by atoms with van der Waals surface area (Å²) in [5.74, 6) is 2.38. The maximum absolute atomic E-state index is 12.8. The number of hydrogen-bond acceptors (Lipinski definition) is 8. The molecule has 2 aromatic heterocycles. The van der Waals surface area contributed by atoms with Crippen molar-refractivity contribution in [2.45, 2.75) is 4.90 Å². The second kappa shape index (κ2) is 7.76. The van der Waals surface area contributed by atoms with Crippen LogP contribution in [-0.4, -0.2) is 66.4 Å². The zero-order chi connectivity index (χ0) is 20.7. The van der Waals surface area contributed by atoms with Gasteiger partial charge in [0.15, 0.2) is 16.6 Å². The Morgan fingerprint density at radius 2 is 1.87 bits per heavy atom. The quantitative estimate of drug-likeness (QED) is 0.607. The third kappa shape index (κ3) is 3.64. The first-order valence-corrected chi connectivity index (χ1v) is 12.7. The minimum atomic E-state index is -3.61. The number of fused-ring (bicyclic) bond motifs is 2. The Morgan fingerprint density at radius 1 is 1.13 bits per heavy atom. The lowest BCUT2D eigenvalue weighted by atomic mass is 10.3. The van der Waals surface area contributed by atoms with Crippen LogP contribution in [0.15, 0.2) is 29.3 Å². The zero-order valence-electron chi connectivity index (χ0n) is 15.7. The van der Waals surface area contributed by atoms with Crippen molar-refractivity contribution in [1.82, 2.24) is 14.3 Å². The van der Waals surface area contributed by atoms with Crippen molar-refractivity contribution in [1.29, 1.82) is 0 Å². The molecule has 0 spiro atoms. The number of rotatable bonds is 4. The van der Waals surface area contributed by atoms with E-state index in [1.807, 2.05) is 6.07 Å². The molecule has 0 unspecified atom stereocenters. The number of sulfonamides is 1. The molecular weight excluding hydrogens is 448 g/mol. The van der Waals surface area contributed by atoms with E-state index in [-0.39, 0.29) is 10.6 Å². The van der Waals surface area contributed by atoms with E-state index in [1.165, 1.54) is 27.9 Å². The van der Waals surface area contributed by atoms with Crippen molar-refractivity contribution in [3.05, 3.63) is 30.1 Å². The van der Waals surface area contributed by atoms with Crippen molar-refractivity contribution in [2.75, 3.05) is 43.1 Å². The van der Waals surface area contributed by atoms with Gasteiger partial charge in [-0.15, -0.1) is 0 Å². The number of hydrogen-bond donors (Lipinski definition) is 2. The molecule has 5 rings (SSSR count). The summed E-state index contributed by atoms with van der Waals surface area (Å²) in [5, 5.41) is 3.13. The van der Waals surface area contributed by atoms with Crippen LogP contribution in [0.25, 0.3) is 10.2 Å². The molecule has 1 aromatic carbocycles. The van der Waals surface area contributed by atoms with E-state index in [0.717, 1.165) is 16.2 Å². The second-order valence-electron chi connectivity index (χ2n) is 6.70. The van der Waals surface area contributed by atoms with Crippen molar-refractivity contribution in [2.24, 2.45) is 0 Å². The number of carbonyl (C=O) groups is 1. The first-order chi connectivity index (χ1) is 14.5. The molecule has 2 aliphatic rings. The lowest BCUT2D eigenvalue weighted by Crippen LogP contribution is -2.37. The number of aromatic nitrogens is 2. The molecule has 0 atom stereocenters. The van der Waals surface area contributed by atoms with Crippen LogP contribution in [0.4, 0.5) is 5.13 Å². The number of carbonyl (C=O) groups excluding carboxylic acids is 1. The van der Waals surface area contributed by atoms with Gasteiger partial charge in [0.2, 0.25) is 10.0 Å².